The zero-order valence-corrected chi connectivity index (χ0v) is 14.3. The number of nitrogens with zero attached hydrogens (tertiary/aromatic N) is 1. The third-order valence-electron chi connectivity index (χ3n) is 4.57. The molecule has 0 aromatic heterocycles. The molecule has 2 atom stereocenters. The molecule has 0 aliphatic carbocycles. The van der Waals surface area contributed by atoms with Crippen LogP contribution in [0.15, 0.2) is 65.6 Å². The zero-order chi connectivity index (χ0) is 16.1. The van der Waals surface area contributed by atoms with Gasteiger partial charge in [-0.2, -0.15) is 0 Å². The predicted molar refractivity (Wildman–Crippen MR) is 96.3 cm³/mol. The number of amides is 1. The molecule has 0 saturated carbocycles. The SMILES string of the molecule is CC[C@H]1CN(Cc2ccccc2)C(=O)[C@@H]1CSc1ccccc1. The Hall–Kier alpha value is -1.74. The fourth-order valence-corrected chi connectivity index (χ4v) is 4.34. The lowest BCUT2D eigenvalue weighted by Gasteiger charge is -2.16. The van der Waals surface area contributed by atoms with Crippen molar-refractivity contribution in [2.45, 2.75) is 24.8 Å². The molecule has 0 N–H and O–H groups in total. The Morgan fingerprint density at radius 1 is 1.04 bits per heavy atom. The van der Waals surface area contributed by atoms with Crippen molar-refractivity contribution in [3.8, 4) is 0 Å². The van der Waals surface area contributed by atoms with Crippen LogP contribution in [0.4, 0.5) is 0 Å². The summed E-state index contributed by atoms with van der Waals surface area (Å²) in [4.78, 5) is 16.1. The molecule has 0 spiro atoms. The average Bonchev–Trinajstić information content (AvgIpc) is 2.90. The van der Waals surface area contributed by atoms with Gasteiger partial charge in [0.15, 0.2) is 0 Å². The predicted octanol–water partition coefficient (Wildman–Crippen LogP) is 4.46. The van der Waals surface area contributed by atoms with Crippen molar-refractivity contribution in [3.63, 3.8) is 0 Å². The van der Waals surface area contributed by atoms with E-state index in [1.807, 2.05) is 29.2 Å². The van der Waals surface area contributed by atoms with E-state index < -0.39 is 0 Å². The van der Waals surface area contributed by atoms with Crippen LogP contribution in [-0.4, -0.2) is 23.1 Å². The van der Waals surface area contributed by atoms with Crippen molar-refractivity contribution in [3.05, 3.63) is 66.2 Å². The van der Waals surface area contributed by atoms with Crippen LogP contribution >= 0.6 is 11.8 Å². The van der Waals surface area contributed by atoms with Gasteiger partial charge in [-0.3, -0.25) is 4.79 Å². The van der Waals surface area contributed by atoms with Crippen molar-refractivity contribution >= 4 is 17.7 Å². The number of carbonyl (C=O) groups excluding carboxylic acids is 1. The molecule has 2 aromatic rings. The molecule has 120 valence electrons. The van der Waals surface area contributed by atoms with Gasteiger partial charge < -0.3 is 4.90 Å². The second-order valence-corrected chi connectivity index (χ2v) is 7.20. The molecule has 3 rings (SSSR count). The van der Waals surface area contributed by atoms with Crippen LogP contribution in [0.3, 0.4) is 0 Å². The molecule has 23 heavy (non-hydrogen) atoms. The van der Waals surface area contributed by atoms with Gasteiger partial charge in [-0.15, -0.1) is 11.8 Å². The van der Waals surface area contributed by atoms with Gasteiger partial charge in [0.1, 0.15) is 0 Å². The topological polar surface area (TPSA) is 20.3 Å². The number of likely N-dealkylation sites (tertiary alicyclic amines) is 1. The summed E-state index contributed by atoms with van der Waals surface area (Å²) in [6, 6.07) is 20.7. The molecule has 2 nitrogen and oxygen atoms in total. The lowest BCUT2D eigenvalue weighted by molar-refractivity contribution is -0.131. The average molecular weight is 325 g/mol. The summed E-state index contributed by atoms with van der Waals surface area (Å²) < 4.78 is 0. The molecule has 2 aromatic carbocycles. The summed E-state index contributed by atoms with van der Waals surface area (Å²) in [7, 11) is 0. The monoisotopic (exact) mass is 325 g/mol. The Labute approximate surface area is 142 Å². The van der Waals surface area contributed by atoms with Crippen LogP contribution < -0.4 is 0 Å². The molecule has 1 saturated heterocycles. The summed E-state index contributed by atoms with van der Waals surface area (Å²) in [6.07, 6.45) is 1.07. The highest BCUT2D eigenvalue weighted by Crippen LogP contribution is 2.33. The molecular weight excluding hydrogens is 302 g/mol. The van der Waals surface area contributed by atoms with Crippen molar-refractivity contribution in [1.29, 1.82) is 0 Å². The van der Waals surface area contributed by atoms with E-state index in [-0.39, 0.29) is 5.92 Å². The molecule has 3 heteroatoms. The van der Waals surface area contributed by atoms with Crippen LogP contribution in [-0.2, 0) is 11.3 Å². The first kappa shape index (κ1) is 16.1. The summed E-state index contributed by atoms with van der Waals surface area (Å²) in [6.45, 7) is 3.83. The fraction of sp³-hybridized carbons (Fsp3) is 0.350. The third-order valence-corrected chi connectivity index (χ3v) is 5.70. The molecule has 0 radical (unpaired) electrons. The van der Waals surface area contributed by atoms with Crippen LogP contribution in [0.25, 0.3) is 0 Å². The molecular formula is C20H23NOS. The Morgan fingerprint density at radius 2 is 1.70 bits per heavy atom. The summed E-state index contributed by atoms with van der Waals surface area (Å²) in [5.74, 6) is 1.83. The van der Waals surface area contributed by atoms with Gasteiger partial charge in [0.05, 0.1) is 5.92 Å². The van der Waals surface area contributed by atoms with Gasteiger partial charge in [-0.1, -0.05) is 61.9 Å². The van der Waals surface area contributed by atoms with Gasteiger partial charge >= 0.3 is 0 Å². The quantitative estimate of drug-likeness (QED) is 0.731. The van der Waals surface area contributed by atoms with Crippen LogP contribution in [0, 0.1) is 11.8 Å². The molecule has 0 unspecified atom stereocenters. The van der Waals surface area contributed by atoms with Crippen molar-refractivity contribution in [2.24, 2.45) is 11.8 Å². The molecule has 1 aliphatic heterocycles. The minimum Gasteiger partial charge on any atom is -0.338 e. The molecule has 0 bridgehead atoms. The number of carbonyl (C=O) groups is 1. The van der Waals surface area contributed by atoms with E-state index >= 15 is 0 Å². The van der Waals surface area contributed by atoms with E-state index in [0.717, 1.165) is 25.3 Å². The number of thioether (sulfide) groups is 1. The summed E-state index contributed by atoms with van der Waals surface area (Å²) >= 11 is 1.80. The fourth-order valence-electron chi connectivity index (χ4n) is 3.21. The highest BCUT2D eigenvalue weighted by atomic mass is 32.2. The number of hydrogen-bond acceptors (Lipinski definition) is 2. The highest BCUT2D eigenvalue weighted by molar-refractivity contribution is 7.99. The maximum Gasteiger partial charge on any atom is 0.227 e. The van der Waals surface area contributed by atoms with Gasteiger partial charge in [-0.25, -0.2) is 0 Å². The standard InChI is InChI=1S/C20H23NOS/c1-2-17-14-21(13-16-9-5-3-6-10-16)20(22)19(17)15-23-18-11-7-4-8-12-18/h3-12,17,19H,2,13-15H2,1H3/t17-,19+/m0/s1. The second kappa shape index (κ2) is 7.69. The minimum atomic E-state index is 0.147. The van der Waals surface area contributed by atoms with E-state index in [9.17, 15) is 4.79 Å². The van der Waals surface area contributed by atoms with E-state index in [1.54, 1.807) is 11.8 Å². The van der Waals surface area contributed by atoms with Crippen molar-refractivity contribution in [1.82, 2.24) is 4.90 Å². The lowest BCUT2D eigenvalue weighted by Crippen LogP contribution is -2.27. The van der Waals surface area contributed by atoms with E-state index in [1.165, 1.54) is 10.5 Å². The first-order valence-corrected chi connectivity index (χ1v) is 9.27. The zero-order valence-electron chi connectivity index (χ0n) is 13.5. The Balaban J connectivity index is 1.64. The summed E-state index contributed by atoms with van der Waals surface area (Å²) in [5.41, 5.74) is 1.21. The molecule has 1 fully saturated rings. The van der Waals surface area contributed by atoms with Gasteiger partial charge in [-0.05, 0) is 23.6 Å². The van der Waals surface area contributed by atoms with Crippen molar-refractivity contribution < 1.29 is 4.79 Å². The third kappa shape index (κ3) is 3.97. The van der Waals surface area contributed by atoms with Crippen LogP contribution in [0.2, 0.25) is 0 Å². The highest BCUT2D eigenvalue weighted by Gasteiger charge is 2.38. The summed E-state index contributed by atoms with van der Waals surface area (Å²) in [5, 5.41) is 0. The Kier molecular flexibility index (Phi) is 5.39. The first-order valence-electron chi connectivity index (χ1n) is 8.28. The molecule has 1 amide bonds. The maximum atomic E-state index is 12.8. The van der Waals surface area contributed by atoms with Crippen molar-refractivity contribution in [2.75, 3.05) is 12.3 Å². The van der Waals surface area contributed by atoms with E-state index in [4.69, 9.17) is 0 Å². The lowest BCUT2D eigenvalue weighted by atomic mass is 9.95. The molecule has 1 aliphatic rings. The number of rotatable bonds is 6. The van der Waals surface area contributed by atoms with Gasteiger partial charge in [0, 0.05) is 23.7 Å². The Bertz CT molecular complexity index is 629. The van der Waals surface area contributed by atoms with Gasteiger partial charge in [0.25, 0.3) is 0 Å². The minimum absolute atomic E-state index is 0.147. The normalized spacial score (nSPS) is 20.9. The van der Waals surface area contributed by atoms with Crippen LogP contribution in [0.1, 0.15) is 18.9 Å². The van der Waals surface area contributed by atoms with E-state index in [2.05, 4.69) is 43.3 Å². The maximum absolute atomic E-state index is 12.8. The number of hydrogen-bond donors (Lipinski definition) is 0. The second-order valence-electron chi connectivity index (χ2n) is 6.10. The smallest absolute Gasteiger partial charge is 0.227 e. The Morgan fingerprint density at radius 3 is 2.35 bits per heavy atom. The number of benzene rings is 2. The van der Waals surface area contributed by atoms with Crippen LogP contribution in [0.5, 0.6) is 0 Å². The van der Waals surface area contributed by atoms with Gasteiger partial charge in [0.2, 0.25) is 5.91 Å². The molecule has 1 heterocycles. The first-order chi connectivity index (χ1) is 11.3. The largest absolute Gasteiger partial charge is 0.338 e. The van der Waals surface area contributed by atoms with E-state index in [0.29, 0.717) is 11.8 Å².